The largest absolute Gasteiger partial charge is 0.349 e. The highest BCUT2D eigenvalue weighted by Gasteiger charge is 2.39. The van der Waals surface area contributed by atoms with E-state index < -0.39 is 17.9 Å². The highest BCUT2D eigenvalue weighted by atomic mass is 16.2. The lowest BCUT2D eigenvalue weighted by Gasteiger charge is -2.29. The Hall–Kier alpha value is -4.45. The molecule has 0 aliphatic carbocycles. The minimum Gasteiger partial charge on any atom is -0.349 e. The third kappa shape index (κ3) is 3.09. The molecule has 32 heavy (non-hydrogen) atoms. The van der Waals surface area contributed by atoms with Crippen molar-refractivity contribution in [3.8, 4) is 6.07 Å². The Morgan fingerprint density at radius 3 is 2.75 bits per heavy atom. The highest BCUT2D eigenvalue weighted by molar-refractivity contribution is 6.10. The summed E-state index contributed by atoms with van der Waals surface area (Å²) in [6, 6.07) is 13.4. The number of nitriles is 1. The maximum atomic E-state index is 12.9. The second kappa shape index (κ2) is 7.35. The zero-order chi connectivity index (χ0) is 22.4. The number of H-pyrrole nitrogens is 1. The monoisotopic (exact) mass is 427 g/mol. The van der Waals surface area contributed by atoms with Crippen molar-refractivity contribution in [1.29, 1.82) is 5.26 Å². The van der Waals surface area contributed by atoms with Crippen LogP contribution in [-0.2, 0) is 16.1 Å². The van der Waals surface area contributed by atoms with Gasteiger partial charge in [0.2, 0.25) is 11.8 Å². The SMILES string of the molecule is N#Cc1c(C(=O)Nc2ccc3c(c2)CN(C2CCC(=O)NC2=O)C3=O)[nH]c2ccccc12. The first kappa shape index (κ1) is 19.5. The fourth-order valence-corrected chi connectivity index (χ4v) is 4.27. The molecule has 0 spiro atoms. The van der Waals surface area contributed by atoms with Crippen molar-refractivity contribution in [2.45, 2.75) is 25.4 Å². The average molecular weight is 427 g/mol. The van der Waals surface area contributed by atoms with Gasteiger partial charge in [-0.1, -0.05) is 18.2 Å². The van der Waals surface area contributed by atoms with Crippen LogP contribution in [0, 0.1) is 11.3 Å². The quantitative estimate of drug-likeness (QED) is 0.550. The molecule has 3 heterocycles. The van der Waals surface area contributed by atoms with Gasteiger partial charge in [0.25, 0.3) is 11.8 Å². The molecule has 2 aliphatic rings. The molecule has 158 valence electrons. The maximum absolute atomic E-state index is 12.9. The molecule has 5 rings (SSSR count). The number of para-hydroxylation sites is 1. The van der Waals surface area contributed by atoms with E-state index in [1.54, 1.807) is 36.4 Å². The molecule has 9 heteroatoms. The second-order valence-electron chi connectivity index (χ2n) is 7.76. The number of piperidine rings is 1. The minimum atomic E-state index is -0.699. The van der Waals surface area contributed by atoms with Crippen molar-refractivity contribution >= 4 is 40.2 Å². The van der Waals surface area contributed by atoms with Crippen molar-refractivity contribution in [3.05, 3.63) is 64.8 Å². The number of anilines is 1. The van der Waals surface area contributed by atoms with E-state index in [0.29, 0.717) is 27.7 Å². The van der Waals surface area contributed by atoms with E-state index in [0.717, 1.165) is 0 Å². The van der Waals surface area contributed by atoms with Crippen LogP contribution in [0.4, 0.5) is 5.69 Å². The molecule has 2 aromatic carbocycles. The number of imide groups is 1. The van der Waals surface area contributed by atoms with Crippen molar-refractivity contribution in [2.75, 3.05) is 5.32 Å². The Morgan fingerprint density at radius 1 is 1.16 bits per heavy atom. The van der Waals surface area contributed by atoms with Gasteiger partial charge in [-0.05, 0) is 36.2 Å². The summed E-state index contributed by atoms with van der Waals surface area (Å²) in [4.78, 5) is 53.7. The number of benzene rings is 2. The minimum absolute atomic E-state index is 0.162. The number of rotatable bonds is 3. The second-order valence-corrected chi connectivity index (χ2v) is 7.76. The lowest BCUT2D eigenvalue weighted by molar-refractivity contribution is -0.136. The Balaban J connectivity index is 1.38. The number of carbonyl (C=O) groups is 4. The molecule has 0 bridgehead atoms. The molecule has 9 nitrogen and oxygen atoms in total. The highest BCUT2D eigenvalue weighted by Crippen LogP contribution is 2.30. The molecule has 1 aromatic heterocycles. The summed E-state index contributed by atoms with van der Waals surface area (Å²) in [6.45, 7) is 0.208. The van der Waals surface area contributed by atoms with Crippen molar-refractivity contribution < 1.29 is 19.2 Å². The number of nitrogens with zero attached hydrogens (tertiary/aromatic N) is 2. The van der Waals surface area contributed by atoms with E-state index in [2.05, 4.69) is 21.7 Å². The normalized spacial score (nSPS) is 17.8. The maximum Gasteiger partial charge on any atom is 0.273 e. The topological polar surface area (TPSA) is 135 Å². The Labute approximate surface area is 182 Å². The number of hydrogen-bond acceptors (Lipinski definition) is 5. The predicted octanol–water partition coefficient (Wildman–Crippen LogP) is 2.05. The van der Waals surface area contributed by atoms with Crippen molar-refractivity contribution in [1.82, 2.24) is 15.2 Å². The van der Waals surface area contributed by atoms with Crippen LogP contribution >= 0.6 is 0 Å². The zero-order valence-electron chi connectivity index (χ0n) is 16.8. The van der Waals surface area contributed by atoms with Crippen LogP contribution in [0.15, 0.2) is 42.5 Å². The predicted molar refractivity (Wildman–Crippen MR) is 113 cm³/mol. The first-order valence-electron chi connectivity index (χ1n) is 10.1. The number of amides is 4. The summed E-state index contributed by atoms with van der Waals surface area (Å²) in [7, 11) is 0. The Bertz CT molecular complexity index is 1370. The number of aromatic amines is 1. The van der Waals surface area contributed by atoms with Crippen LogP contribution in [0.5, 0.6) is 0 Å². The number of aromatic nitrogens is 1. The summed E-state index contributed by atoms with van der Waals surface area (Å²) in [6.07, 6.45) is 0.467. The summed E-state index contributed by atoms with van der Waals surface area (Å²) < 4.78 is 0. The van der Waals surface area contributed by atoms with Crippen LogP contribution < -0.4 is 10.6 Å². The molecule has 1 atom stereocenters. The number of carbonyl (C=O) groups excluding carboxylic acids is 4. The van der Waals surface area contributed by atoms with Gasteiger partial charge in [0.1, 0.15) is 17.8 Å². The Kier molecular flexibility index (Phi) is 4.48. The van der Waals surface area contributed by atoms with E-state index >= 15 is 0 Å². The summed E-state index contributed by atoms with van der Waals surface area (Å²) in [5, 5.41) is 15.2. The first-order chi connectivity index (χ1) is 15.5. The number of hydrogen-bond donors (Lipinski definition) is 3. The molecule has 4 amide bonds. The molecule has 1 unspecified atom stereocenters. The summed E-state index contributed by atoms with van der Waals surface area (Å²) >= 11 is 0. The summed E-state index contributed by atoms with van der Waals surface area (Å²) in [5.41, 5.74) is 2.71. The molecule has 3 N–H and O–H groups in total. The van der Waals surface area contributed by atoms with Gasteiger partial charge in [-0.25, -0.2) is 0 Å². The van der Waals surface area contributed by atoms with Gasteiger partial charge in [0.05, 0.1) is 5.56 Å². The third-order valence-corrected chi connectivity index (χ3v) is 5.83. The van der Waals surface area contributed by atoms with Crippen LogP contribution in [0.3, 0.4) is 0 Å². The van der Waals surface area contributed by atoms with Gasteiger partial charge in [-0.3, -0.25) is 24.5 Å². The Morgan fingerprint density at radius 2 is 1.97 bits per heavy atom. The summed E-state index contributed by atoms with van der Waals surface area (Å²) in [5.74, 6) is -1.56. The molecule has 3 aromatic rings. The van der Waals surface area contributed by atoms with Gasteiger partial charge < -0.3 is 15.2 Å². The molecular weight excluding hydrogens is 410 g/mol. The van der Waals surface area contributed by atoms with E-state index in [9.17, 15) is 24.4 Å². The number of fused-ring (bicyclic) bond motifs is 2. The molecule has 0 saturated carbocycles. The first-order valence-corrected chi connectivity index (χ1v) is 10.1. The van der Waals surface area contributed by atoms with E-state index in [1.165, 1.54) is 4.90 Å². The van der Waals surface area contributed by atoms with Gasteiger partial charge >= 0.3 is 0 Å². The molecule has 1 fully saturated rings. The van der Waals surface area contributed by atoms with E-state index in [1.807, 2.05) is 6.07 Å². The zero-order valence-corrected chi connectivity index (χ0v) is 16.8. The standard InChI is InChI=1S/C23H17N5O4/c24-10-16-15-3-1-2-4-17(15)26-20(16)22(31)25-13-5-6-14-12(9-13)11-28(23(14)32)18-7-8-19(29)27-21(18)30/h1-6,9,18,26H,7-8,11H2,(H,25,31)(H,27,29,30). The van der Waals surface area contributed by atoms with Crippen LogP contribution in [0.1, 0.15) is 44.8 Å². The fraction of sp³-hybridized carbons (Fsp3) is 0.174. The fourth-order valence-electron chi connectivity index (χ4n) is 4.27. The van der Waals surface area contributed by atoms with Crippen LogP contribution in [-0.4, -0.2) is 39.6 Å². The molecule has 0 radical (unpaired) electrons. The van der Waals surface area contributed by atoms with Gasteiger partial charge in [-0.2, -0.15) is 5.26 Å². The van der Waals surface area contributed by atoms with Gasteiger partial charge in [0, 0.05) is 35.1 Å². The van der Waals surface area contributed by atoms with Gasteiger partial charge in [0.15, 0.2) is 0 Å². The smallest absolute Gasteiger partial charge is 0.273 e. The molecular formula is C23H17N5O4. The average Bonchev–Trinajstić information content (AvgIpc) is 3.31. The van der Waals surface area contributed by atoms with Crippen molar-refractivity contribution in [3.63, 3.8) is 0 Å². The van der Waals surface area contributed by atoms with Gasteiger partial charge in [-0.15, -0.1) is 0 Å². The third-order valence-electron chi connectivity index (χ3n) is 5.83. The lowest BCUT2D eigenvalue weighted by Crippen LogP contribution is -2.52. The molecule has 1 saturated heterocycles. The molecule has 2 aliphatic heterocycles. The van der Waals surface area contributed by atoms with Crippen LogP contribution in [0.2, 0.25) is 0 Å². The van der Waals surface area contributed by atoms with E-state index in [-0.39, 0.29) is 42.5 Å². The van der Waals surface area contributed by atoms with E-state index in [4.69, 9.17) is 0 Å². The van der Waals surface area contributed by atoms with Crippen molar-refractivity contribution in [2.24, 2.45) is 0 Å². The van der Waals surface area contributed by atoms with Crippen LogP contribution in [0.25, 0.3) is 10.9 Å². The lowest BCUT2D eigenvalue weighted by atomic mass is 10.0. The number of nitrogens with one attached hydrogen (secondary N) is 3.